The summed E-state index contributed by atoms with van der Waals surface area (Å²) in [5.41, 5.74) is 0. The van der Waals surface area contributed by atoms with E-state index in [1.807, 2.05) is 0 Å². The Morgan fingerprint density at radius 1 is 1.10 bits per heavy atom. The molecule has 0 spiro atoms. The molecule has 0 aliphatic carbocycles. The van der Waals surface area contributed by atoms with E-state index in [0.717, 1.165) is 0 Å². The van der Waals surface area contributed by atoms with Crippen molar-refractivity contribution in [1.82, 2.24) is 0 Å². The molecular weight excluding hydrogens is 249 g/mol. The predicted octanol–water partition coefficient (Wildman–Crippen LogP) is 2.49. The van der Waals surface area contributed by atoms with Gasteiger partial charge in [-0.25, -0.2) is 0 Å². The van der Waals surface area contributed by atoms with Crippen LogP contribution in [0.2, 0.25) is 11.5 Å². The molecule has 0 N–H and O–H groups in total. The van der Waals surface area contributed by atoms with Gasteiger partial charge in [0.05, 0.1) is 0 Å². The van der Waals surface area contributed by atoms with Crippen molar-refractivity contribution in [2.75, 3.05) is 0 Å². The van der Waals surface area contributed by atoms with Gasteiger partial charge in [-0.3, -0.25) is 0 Å². The van der Waals surface area contributed by atoms with Gasteiger partial charge in [0, 0.05) is 0 Å². The Morgan fingerprint density at radius 2 is 1.60 bits per heavy atom. The Hall–Kier alpha value is 0.243. The first-order valence-corrected chi connectivity index (χ1v) is 13.5. The Balaban J connectivity index is 2.97. The average Bonchev–Trinajstić information content (AvgIpc) is 1.88. The van der Waals surface area contributed by atoms with Crippen molar-refractivity contribution >= 4 is 29.8 Å². The summed E-state index contributed by atoms with van der Waals surface area (Å²) in [6.07, 6.45) is 0. The van der Waals surface area contributed by atoms with Crippen LogP contribution in [0.25, 0.3) is 0 Å². The predicted molar refractivity (Wildman–Crippen MR) is 52.5 cm³/mol. The summed E-state index contributed by atoms with van der Waals surface area (Å²) in [7, 11) is 0. The molecule has 1 rings (SSSR count). The Bertz CT molecular complexity index is 200. The fraction of sp³-hybridized carbons (Fsp3) is 0.250. The first kappa shape index (κ1) is 8.34. The molecule has 0 nitrogen and oxygen atoms in total. The van der Waals surface area contributed by atoms with Crippen LogP contribution >= 0.6 is 14.0 Å². The molecule has 10 heavy (non-hydrogen) atoms. The topological polar surface area (TPSA) is 0 Å². The molecule has 0 radical (unpaired) electrons. The first-order valence-electron chi connectivity index (χ1n) is 3.35. The first-order chi connectivity index (χ1) is 4.61. The van der Waals surface area contributed by atoms with E-state index in [1.165, 1.54) is 4.40 Å². The van der Waals surface area contributed by atoms with Crippen molar-refractivity contribution < 1.29 is 0 Å². The maximum atomic E-state index is 3.77. The van der Waals surface area contributed by atoms with E-state index < -0.39 is 11.4 Å². The van der Waals surface area contributed by atoms with Crippen molar-refractivity contribution in [3.8, 4) is 0 Å². The number of hydrogen-bond acceptors (Lipinski definition) is 0. The van der Waals surface area contributed by atoms with Gasteiger partial charge in [0.15, 0.2) is 0 Å². The van der Waals surface area contributed by atoms with Crippen LogP contribution in [0.1, 0.15) is 0 Å². The van der Waals surface area contributed by atoms with Gasteiger partial charge in [-0.05, 0) is 0 Å². The minimum absolute atomic E-state index is 1.50. The number of hydrogen-bond donors (Lipinski definition) is 0. The molecule has 0 amide bonds. The molecular formula is C8H11BrGe. The second-order valence-electron chi connectivity index (χ2n) is 2.84. The molecule has 1 aromatic rings. The van der Waals surface area contributed by atoms with Crippen LogP contribution in [-0.2, 0) is 0 Å². The minimum atomic E-state index is -1.68. The van der Waals surface area contributed by atoms with Crippen LogP contribution in [0.3, 0.4) is 0 Å². The van der Waals surface area contributed by atoms with E-state index in [2.05, 4.69) is 55.8 Å². The van der Waals surface area contributed by atoms with Crippen LogP contribution in [0.4, 0.5) is 0 Å². The molecule has 0 unspecified atom stereocenters. The van der Waals surface area contributed by atoms with Crippen molar-refractivity contribution in [3.05, 3.63) is 30.3 Å². The Labute approximate surface area is 71.6 Å². The molecule has 0 fully saturated rings. The summed E-state index contributed by atoms with van der Waals surface area (Å²) in [5, 5.41) is 0. The molecule has 0 aromatic heterocycles. The van der Waals surface area contributed by atoms with Crippen LogP contribution in [0.5, 0.6) is 0 Å². The van der Waals surface area contributed by atoms with Gasteiger partial charge in [0.25, 0.3) is 0 Å². The Kier molecular flexibility index (Phi) is 2.58. The Morgan fingerprint density at radius 3 is 1.90 bits per heavy atom. The van der Waals surface area contributed by atoms with E-state index in [9.17, 15) is 0 Å². The second kappa shape index (κ2) is 3.10. The molecule has 0 saturated heterocycles. The van der Waals surface area contributed by atoms with Crippen LogP contribution in [-0.4, -0.2) is 11.4 Å². The van der Waals surface area contributed by atoms with E-state index in [0.29, 0.717) is 0 Å². The van der Waals surface area contributed by atoms with Gasteiger partial charge >= 0.3 is 71.7 Å². The zero-order valence-corrected chi connectivity index (χ0v) is 9.95. The van der Waals surface area contributed by atoms with Crippen molar-refractivity contribution in [2.45, 2.75) is 11.5 Å². The summed E-state index contributed by atoms with van der Waals surface area (Å²) in [5.74, 6) is 4.66. The van der Waals surface area contributed by atoms with Crippen molar-refractivity contribution in [2.24, 2.45) is 0 Å². The fourth-order valence-corrected chi connectivity index (χ4v) is 4.27. The standard InChI is InChI=1S/C8H11BrGe/c1-10(2,9)8-6-4-3-5-7-8/h3-7H,1-2H3. The van der Waals surface area contributed by atoms with Crippen molar-refractivity contribution in [1.29, 1.82) is 0 Å². The average molecular weight is 260 g/mol. The van der Waals surface area contributed by atoms with Crippen LogP contribution < -0.4 is 4.40 Å². The van der Waals surface area contributed by atoms with Crippen molar-refractivity contribution in [3.63, 3.8) is 0 Å². The molecule has 0 bridgehead atoms. The summed E-state index contributed by atoms with van der Waals surface area (Å²) in [6.45, 7) is 0. The van der Waals surface area contributed by atoms with E-state index >= 15 is 0 Å². The third kappa shape index (κ3) is 2.13. The maximum absolute atomic E-state index is 3.77. The van der Waals surface area contributed by atoms with Crippen LogP contribution in [0, 0.1) is 0 Å². The summed E-state index contributed by atoms with van der Waals surface area (Å²) < 4.78 is 1.50. The normalized spacial score (nSPS) is 11.5. The molecule has 2 heteroatoms. The van der Waals surface area contributed by atoms with E-state index in [-0.39, 0.29) is 0 Å². The summed E-state index contributed by atoms with van der Waals surface area (Å²) >= 11 is 2.09. The number of halogens is 1. The SMILES string of the molecule is [CH3][Ge]([CH3])([Br])[c]1ccccc1. The molecule has 54 valence electrons. The van der Waals surface area contributed by atoms with Gasteiger partial charge in [-0.15, -0.1) is 0 Å². The van der Waals surface area contributed by atoms with Gasteiger partial charge in [-0.2, -0.15) is 0 Å². The summed E-state index contributed by atoms with van der Waals surface area (Å²) in [4.78, 5) is 0. The van der Waals surface area contributed by atoms with Gasteiger partial charge in [-0.1, -0.05) is 0 Å². The second-order valence-corrected chi connectivity index (χ2v) is 20.5. The van der Waals surface area contributed by atoms with Gasteiger partial charge in [0.1, 0.15) is 0 Å². The zero-order chi connectivity index (χ0) is 7.61. The molecule has 0 heterocycles. The molecule has 0 atom stereocenters. The molecule has 0 saturated carbocycles. The van der Waals surface area contributed by atoms with E-state index in [1.54, 1.807) is 0 Å². The molecule has 1 aromatic carbocycles. The number of benzene rings is 1. The molecule has 0 aliphatic heterocycles. The number of rotatable bonds is 1. The monoisotopic (exact) mass is 260 g/mol. The van der Waals surface area contributed by atoms with Gasteiger partial charge in [0.2, 0.25) is 0 Å². The summed E-state index contributed by atoms with van der Waals surface area (Å²) in [6, 6.07) is 10.7. The van der Waals surface area contributed by atoms with E-state index in [4.69, 9.17) is 0 Å². The van der Waals surface area contributed by atoms with Gasteiger partial charge < -0.3 is 0 Å². The third-order valence-electron chi connectivity index (χ3n) is 1.46. The molecule has 0 aliphatic rings. The fourth-order valence-electron chi connectivity index (χ4n) is 0.834. The quantitative estimate of drug-likeness (QED) is 0.680. The zero-order valence-electron chi connectivity index (χ0n) is 6.26. The third-order valence-corrected chi connectivity index (χ3v) is 7.42. The van der Waals surface area contributed by atoms with Crippen LogP contribution in [0.15, 0.2) is 30.3 Å².